The molecule has 2 fully saturated rings. The van der Waals surface area contributed by atoms with E-state index in [-0.39, 0.29) is 29.1 Å². The maximum absolute atomic E-state index is 12.9. The van der Waals surface area contributed by atoms with Gasteiger partial charge in [0, 0.05) is 18.0 Å². The van der Waals surface area contributed by atoms with E-state index in [2.05, 4.69) is 13.8 Å². The zero-order valence-electron chi connectivity index (χ0n) is 16.1. The summed E-state index contributed by atoms with van der Waals surface area (Å²) in [5, 5.41) is 9.90. The van der Waals surface area contributed by atoms with Crippen LogP contribution in [0.5, 0.6) is 0 Å². The Morgan fingerprint density at radius 2 is 1.79 bits per heavy atom. The Morgan fingerprint density at radius 1 is 1.21 bits per heavy atom. The van der Waals surface area contributed by atoms with Crippen LogP contribution in [0.1, 0.15) is 73.1 Å². The molecule has 1 aliphatic heterocycles. The monoisotopic (exact) mass is 340 g/mol. The van der Waals surface area contributed by atoms with E-state index in [1.165, 1.54) is 0 Å². The normalized spacial score (nSPS) is 34.0. The maximum Gasteiger partial charge on any atom is 0.410 e. The van der Waals surface area contributed by atoms with Gasteiger partial charge in [-0.1, -0.05) is 13.8 Å². The fraction of sp³-hybridized carbons (Fsp3) is 0.947. The van der Waals surface area contributed by atoms with Crippen LogP contribution in [0.15, 0.2) is 0 Å². The fourth-order valence-electron chi connectivity index (χ4n) is 4.33. The van der Waals surface area contributed by atoms with Gasteiger partial charge in [-0.3, -0.25) is 0 Å². The number of likely N-dealkylation sites (tertiary alicyclic amines) is 1. The Kier molecular flexibility index (Phi) is 5.55. The smallest absolute Gasteiger partial charge is 0.410 e. The number of hydrogen-bond donors (Lipinski definition) is 2. The Bertz CT molecular complexity index is 448. The van der Waals surface area contributed by atoms with Crippen molar-refractivity contribution in [2.75, 3.05) is 13.1 Å². The lowest BCUT2D eigenvalue weighted by Gasteiger charge is -2.53. The van der Waals surface area contributed by atoms with Gasteiger partial charge in [-0.2, -0.15) is 0 Å². The third kappa shape index (κ3) is 4.42. The molecule has 3 N–H and O–H groups in total. The van der Waals surface area contributed by atoms with Gasteiger partial charge in [-0.15, -0.1) is 0 Å². The number of ether oxygens (including phenoxy) is 1. The van der Waals surface area contributed by atoms with Crippen LogP contribution in [0.4, 0.5) is 4.79 Å². The summed E-state index contributed by atoms with van der Waals surface area (Å²) in [4.78, 5) is 14.8. The van der Waals surface area contributed by atoms with Crippen molar-refractivity contribution in [1.29, 1.82) is 0 Å². The second kappa shape index (κ2) is 6.83. The number of aliphatic hydroxyl groups excluding tert-OH is 1. The molecule has 5 nitrogen and oxygen atoms in total. The standard InChI is InChI=1S/C19H36N2O3/c1-17(2,3)24-16(23)21-13-18(4,5)9-8-15(21)19(12-20)10-6-14(22)7-11-19/h14-15,22H,6-13,20H2,1-5H3. The number of aliphatic hydroxyl groups is 1. The highest BCUT2D eigenvalue weighted by atomic mass is 16.6. The second-order valence-corrected chi connectivity index (χ2v) is 9.62. The molecule has 0 radical (unpaired) electrons. The van der Waals surface area contributed by atoms with E-state index in [1.807, 2.05) is 25.7 Å². The summed E-state index contributed by atoms with van der Waals surface area (Å²) in [6, 6.07) is 0.109. The van der Waals surface area contributed by atoms with Crippen LogP contribution in [0.3, 0.4) is 0 Å². The van der Waals surface area contributed by atoms with Crippen LogP contribution < -0.4 is 5.73 Å². The molecule has 1 heterocycles. The van der Waals surface area contributed by atoms with E-state index < -0.39 is 5.60 Å². The lowest BCUT2D eigenvalue weighted by atomic mass is 9.64. The van der Waals surface area contributed by atoms with Gasteiger partial charge < -0.3 is 20.5 Å². The minimum atomic E-state index is -0.498. The first-order valence-corrected chi connectivity index (χ1v) is 9.36. The Morgan fingerprint density at radius 3 is 2.29 bits per heavy atom. The van der Waals surface area contributed by atoms with Crippen LogP contribution in [0, 0.1) is 10.8 Å². The molecular weight excluding hydrogens is 304 g/mol. The van der Waals surface area contributed by atoms with E-state index >= 15 is 0 Å². The lowest BCUT2D eigenvalue weighted by molar-refractivity contribution is -0.0562. The number of amides is 1. The molecule has 2 aliphatic rings. The third-order valence-electron chi connectivity index (χ3n) is 5.76. The van der Waals surface area contributed by atoms with Crippen molar-refractivity contribution in [3.63, 3.8) is 0 Å². The average Bonchev–Trinajstić information content (AvgIpc) is 2.46. The van der Waals surface area contributed by atoms with E-state index in [0.717, 1.165) is 38.5 Å². The molecule has 1 amide bonds. The quantitative estimate of drug-likeness (QED) is 0.809. The summed E-state index contributed by atoms with van der Waals surface area (Å²) in [6.45, 7) is 11.4. The van der Waals surface area contributed by atoms with Crippen molar-refractivity contribution >= 4 is 6.09 Å². The number of hydrogen-bond acceptors (Lipinski definition) is 4. The van der Waals surface area contributed by atoms with Gasteiger partial charge >= 0.3 is 6.09 Å². The molecule has 0 aromatic carbocycles. The summed E-state index contributed by atoms with van der Waals surface area (Å²) in [5.41, 5.74) is 5.72. The minimum Gasteiger partial charge on any atom is -0.444 e. The summed E-state index contributed by atoms with van der Waals surface area (Å²) >= 11 is 0. The zero-order chi connectivity index (χ0) is 18.2. The van der Waals surface area contributed by atoms with E-state index in [9.17, 15) is 9.90 Å². The van der Waals surface area contributed by atoms with Gasteiger partial charge in [0.2, 0.25) is 0 Å². The van der Waals surface area contributed by atoms with Crippen molar-refractivity contribution < 1.29 is 14.6 Å². The van der Waals surface area contributed by atoms with Gasteiger partial charge in [0.1, 0.15) is 5.60 Å². The Hall–Kier alpha value is -0.810. The molecule has 1 atom stereocenters. The van der Waals surface area contributed by atoms with Crippen molar-refractivity contribution in [2.45, 2.75) is 90.9 Å². The largest absolute Gasteiger partial charge is 0.444 e. The molecule has 1 saturated carbocycles. The molecule has 5 heteroatoms. The Labute approximate surface area is 146 Å². The van der Waals surface area contributed by atoms with Gasteiger partial charge in [-0.25, -0.2) is 4.79 Å². The zero-order valence-corrected chi connectivity index (χ0v) is 16.1. The van der Waals surface area contributed by atoms with Crippen LogP contribution in [0.25, 0.3) is 0 Å². The SMILES string of the molecule is CC1(C)CCC(C2(CN)CCC(O)CC2)N(C(=O)OC(C)(C)C)C1. The van der Waals surface area contributed by atoms with Gasteiger partial charge in [0.05, 0.1) is 6.10 Å². The highest BCUT2D eigenvalue weighted by molar-refractivity contribution is 5.69. The summed E-state index contributed by atoms with van der Waals surface area (Å²) in [5.74, 6) is 0. The third-order valence-corrected chi connectivity index (χ3v) is 5.76. The first-order chi connectivity index (χ1) is 11.0. The highest BCUT2D eigenvalue weighted by Crippen LogP contribution is 2.46. The number of carbonyl (C=O) groups excluding carboxylic acids is 1. The molecular formula is C19H36N2O3. The molecule has 0 bridgehead atoms. The molecule has 0 spiro atoms. The lowest BCUT2D eigenvalue weighted by Crippen LogP contribution is -2.60. The molecule has 0 aromatic heterocycles. The van der Waals surface area contributed by atoms with E-state index in [0.29, 0.717) is 13.1 Å². The number of carbonyl (C=O) groups is 1. The fourth-order valence-corrected chi connectivity index (χ4v) is 4.33. The number of nitrogens with two attached hydrogens (primary N) is 1. The minimum absolute atomic E-state index is 0.0906. The summed E-state index contributed by atoms with van der Waals surface area (Å²) in [6.07, 6.45) is 4.92. The molecule has 24 heavy (non-hydrogen) atoms. The summed E-state index contributed by atoms with van der Waals surface area (Å²) < 4.78 is 5.70. The van der Waals surface area contributed by atoms with Crippen molar-refractivity contribution in [2.24, 2.45) is 16.6 Å². The van der Waals surface area contributed by atoms with Crippen molar-refractivity contribution in [3.05, 3.63) is 0 Å². The maximum atomic E-state index is 12.9. The molecule has 0 aromatic rings. The second-order valence-electron chi connectivity index (χ2n) is 9.62. The van der Waals surface area contributed by atoms with Gasteiger partial charge in [0.15, 0.2) is 0 Å². The van der Waals surface area contributed by atoms with Crippen LogP contribution >= 0.6 is 0 Å². The van der Waals surface area contributed by atoms with Crippen LogP contribution in [0.2, 0.25) is 0 Å². The van der Waals surface area contributed by atoms with Crippen LogP contribution in [-0.2, 0) is 4.74 Å². The molecule has 1 unspecified atom stereocenters. The Balaban J connectivity index is 2.25. The number of nitrogens with zero attached hydrogens (tertiary/aromatic N) is 1. The van der Waals surface area contributed by atoms with E-state index in [1.54, 1.807) is 0 Å². The first kappa shape index (κ1) is 19.5. The number of rotatable bonds is 2. The van der Waals surface area contributed by atoms with Crippen molar-refractivity contribution in [1.82, 2.24) is 4.90 Å². The molecule has 1 aliphatic carbocycles. The first-order valence-electron chi connectivity index (χ1n) is 9.36. The topological polar surface area (TPSA) is 75.8 Å². The van der Waals surface area contributed by atoms with E-state index in [4.69, 9.17) is 10.5 Å². The summed E-state index contributed by atoms with van der Waals surface area (Å²) in [7, 11) is 0. The average molecular weight is 341 g/mol. The number of piperidine rings is 1. The molecule has 140 valence electrons. The van der Waals surface area contributed by atoms with Crippen molar-refractivity contribution in [3.8, 4) is 0 Å². The molecule has 2 rings (SSSR count). The predicted molar refractivity (Wildman–Crippen MR) is 95.7 cm³/mol. The molecule has 1 saturated heterocycles. The van der Waals surface area contributed by atoms with Gasteiger partial charge in [-0.05, 0) is 71.3 Å². The van der Waals surface area contributed by atoms with Crippen LogP contribution in [-0.4, -0.2) is 46.9 Å². The predicted octanol–water partition coefficient (Wildman–Crippen LogP) is 3.29. The van der Waals surface area contributed by atoms with Gasteiger partial charge in [0.25, 0.3) is 0 Å². The highest BCUT2D eigenvalue weighted by Gasteiger charge is 2.49.